The van der Waals surface area contributed by atoms with Crippen molar-refractivity contribution < 1.29 is 22.7 Å². The predicted octanol–water partition coefficient (Wildman–Crippen LogP) is 3.63. The molecule has 7 nitrogen and oxygen atoms in total. The van der Waals surface area contributed by atoms with Gasteiger partial charge in [-0.2, -0.15) is 0 Å². The molecule has 1 aromatic heterocycles. The standard InChI is InChI=1S/C24H26N2O5S2/c1-2-31-24(28)20(15-18-7-4-3-5-8-18)17-25-22(27)16-19-10-12-21(13-11-19)26-33(29,30)23-9-6-14-32-23/h3-14,20,26H,2,15-17H2,1H3,(H,25,27)/t20-/m0/s1. The van der Waals surface area contributed by atoms with Crippen molar-refractivity contribution in [1.82, 2.24) is 5.32 Å². The van der Waals surface area contributed by atoms with Gasteiger partial charge in [-0.05, 0) is 48.1 Å². The number of carbonyl (C=O) groups is 2. The molecule has 2 aromatic carbocycles. The molecule has 0 unspecified atom stereocenters. The Kier molecular flexibility index (Phi) is 8.62. The molecule has 0 fully saturated rings. The van der Waals surface area contributed by atoms with E-state index in [4.69, 9.17) is 4.74 Å². The molecule has 0 saturated heterocycles. The number of thiophene rings is 1. The highest BCUT2D eigenvalue weighted by atomic mass is 32.2. The van der Waals surface area contributed by atoms with Crippen LogP contribution in [0.25, 0.3) is 0 Å². The molecule has 174 valence electrons. The van der Waals surface area contributed by atoms with E-state index in [1.807, 2.05) is 30.3 Å². The smallest absolute Gasteiger partial charge is 0.311 e. The van der Waals surface area contributed by atoms with E-state index in [0.29, 0.717) is 12.1 Å². The largest absolute Gasteiger partial charge is 0.466 e. The second-order valence-electron chi connectivity index (χ2n) is 7.35. The van der Waals surface area contributed by atoms with Crippen LogP contribution >= 0.6 is 11.3 Å². The van der Waals surface area contributed by atoms with E-state index in [-0.39, 0.29) is 35.7 Å². The summed E-state index contributed by atoms with van der Waals surface area (Å²) in [4.78, 5) is 24.8. The van der Waals surface area contributed by atoms with Crippen molar-refractivity contribution in [3.8, 4) is 0 Å². The van der Waals surface area contributed by atoms with Crippen molar-refractivity contribution in [2.24, 2.45) is 5.92 Å². The van der Waals surface area contributed by atoms with Crippen molar-refractivity contribution >= 4 is 38.9 Å². The molecule has 0 aliphatic heterocycles. The van der Waals surface area contributed by atoms with Crippen LogP contribution in [-0.4, -0.2) is 33.4 Å². The summed E-state index contributed by atoms with van der Waals surface area (Å²) in [7, 11) is -3.62. The number of hydrogen-bond donors (Lipinski definition) is 2. The Balaban J connectivity index is 1.55. The van der Waals surface area contributed by atoms with E-state index in [0.717, 1.165) is 22.5 Å². The Bertz CT molecular complexity index is 1150. The number of hydrogen-bond acceptors (Lipinski definition) is 6. The summed E-state index contributed by atoms with van der Waals surface area (Å²) < 4.78 is 32.5. The fourth-order valence-electron chi connectivity index (χ4n) is 3.19. The van der Waals surface area contributed by atoms with Gasteiger partial charge >= 0.3 is 5.97 Å². The molecule has 0 saturated carbocycles. The van der Waals surface area contributed by atoms with E-state index in [9.17, 15) is 18.0 Å². The number of nitrogens with one attached hydrogen (secondary N) is 2. The van der Waals surface area contributed by atoms with Crippen LogP contribution in [0.5, 0.6) is 0 Å². The lowest BCUT2D eigenvalue weighted by Gasteiger charge is -2.16. The molecule has 0 aliphatic rings. The van der Waals surface area contributed by atoms with Crippen molar-refractivity contribution in [3.05, 3.63) is 83.2 Å². The van der Waals surface area contributed by atoms with Crippen LogP contribution < -0.4 is 10.0 Å². The van der Waals surface area contributed by atoms with Crippen LogP contribution in [0.2, 0.25) is 0 Å². The zero-order chi connectivity index (χ0) is 23.7. The van der Waals surface area contributed by atoms with Gasteiger partial charge in [0.05, 0.1) is 18.9 Å². The molecular weight excluding hydrogens is 460 g/mol. The van der Waals surface area contributed by atoms with Crippen molar-refractivity contribution in [2.75, 3.05) is 17.9 Å². The number of rotatable bonds is 11. The normalized spacial score (nSPS) is 12.0. The molecule has 9 heteroatoms. The van der Waals surface area contributed by atoms with Crippen LogP contribution in [0.4, 0.5) is 5.69 Å². The van der Waals surface area contributed by atoms with E-state index in [1.165, 1.54) is 6.07 Å². The summed E-state index contributed by atoms with van der Waals surface area (Å²) in [6, 6.07) is 19.4. The Labute approximate surface area is 197 Å². The summed E-state index contributed by atoms with van der Waals surface area (Å²) in [6.45, 7) is 2.20. The predicted molar refractivity (Wildman–Crippen MR) is 129 cm³/mol. The average Bonchev–Trinajstić information content (AvgIpc) is 3.35. The van der Waals surface area contributed by atoms with E-state index in [2.05, 4.69) is 10.0 Å². The van der Waals surface area contributed by atoms with E-state index in [1.54, 1.807) is 42.6 Å². The summed E-state index contributed by atoms with van der Waals surface area (Å²) >= 11 is 1.14. The minimum Gasteiger partial charge on any atom is -0.466 e. The molecule has 1 atom stereocenters. The van der Waals surface area contributed by atoms with Gasteiger partial charge in [0.1, 0.15) is 4.21 Å². The van der Waals surface area contributed by atoms with Gasteiger partial charge in [-0.25, -0.2) is 8.42 Å². The van der Waals surface area contributed by atoms with Gasteiger partial charge in [0.25, 0.3) is 10.0 Å². The molecule has 0 radical (unpaired) electrons. The Morgan fingerprint density at radius 2 is 1.70 bits per heavy atom. The number of esters is 1. The number of sulfonamides is 1. The van der Waals surface area contributed by atoms with Crippen LogP contribution in [0.1, 0.15) is 18.1 Å². The van der Waals surface area contributed by atoms with Gasteiger partial charge in [-0.15, -0.1) is 11.3 Å². The highest BCUT2D eigenvalue weighted by Crippen LogP contribution is 2.20. The van der Waals surface area contributed by atoms with Crippen LogP contribution in [0.3, 0.4) is 0 Å². The summed E-state index contributed by atoms with van der Waals surface area (Å²) in [5.74, 6) is -1.06. The van der Waals surface area contributed by atoms with E-state index < -0.39 is 15.9 Å². The van der Waals surface area contributed by atoms with Gasteiger partial charge < -0.3 is 10.1 Å². The minimum atomic E-state index is -3.62. The SMILES string of the molecule is CCOC(=O)[C@H](CNC(=O)Cc1ccc(NS(=O)(=O)c2cccs2)cc1)Cc1ccccc1. The van der Waals surface area contributed by atoms with Crippen molar-refractivity contribution in [1.29, 1.82) is 0 Å². The Morgan fingerprint density at radius 1 is 0.970 bits per heavy atom. The molecular formula is C24H26N2O5S2. The molecule has 33 heavy (non-hydrogen) atoms. The third kappa shape index (κ3) is 7.44. The molecule has 1 heterocycles. The number of anilines is 1. The molecule has 1 amide bonds. The fraction of sp³-hybridized carbons (Fsp3) is 0.250. The van der Waals surface area contributed by atoms with Crippen molar-refractivity contribution in [3.63, 3.8) is 0 Å². The molecule has 3 aromatic rings. The third-order valence-electron chi connectivity index (χ3n) is 4.82. The third-order valence-corrected chi connectivity index (χ3v) is 7.60. The van der Waals surface area contributed by atoms with Gasteiger partial charge in [0.15, 0.2) is 0 Å². The van der Waals surface area contributed by atoms with Gasteiger partial charge in [0.2, 0.25) is 5.91 Å². The minimum absolute atomic E-state index is 0.110. The maximum Gasteiger partial charge on any atom is 0.311 e. The molecule has 2 N–H and O–H groups in total. The first-order valence-electron chi connectivity index (χ1n) is 10.5. The molecule has 3 rings (SSSR count). The zero-order valence-corrected chi connectivity index (χ0v) is 19.8. The van der Waals surface area contributed by atoms with Crippen molar-refractivity contribution in [2.45, 2.75) is 24.0 Å². The summed E-state index contributed by atoms with van der Waals surface area (Å²) in [5, 5.41) is 4.51. The fourth-order valence-corrected chi connectivity index (χ4v) is 5.25. The lowest BCUT2D eigenvalue weighted by atomic mass is 9.99. The topological polar surface area (TPSA) is 102 Å². The monoisotopic (exact) mass is 486 g/mol. The van der Waals surface area contributed by atoms with E-state index >= 15 is 0 Å². The second kappa shape index (κ2) is 11.6. The first-order chi connectivity index (χ1) is 15.9. The Hall–Kier alpha value is -3.17. The van der Waals surface area contributed by atoms with Crippen LogP contribution in [0.15, 0.2) is 76.3 Å². The maximum absolute atomic E-state index is 12.4. The number of benzene rings is 2. The first kappa shape index (κ1) is 24.5. The second-order valence-corrected chi connectivity index (χ2v) is 10.2. The van der Waals surface area contributed by atoms with Gasteiger partial charge in [0, 0.05) is 12.2 Å². The highest BCUT2D eigenvalue weighted by Gasteiger charge is 2.21. The lowest BCUT2D eigenvalue weighted by Crippen LogP contribution is -2.35. The number of ether oxygens (including phenoxy) is 1. The highest BCUT2D eigenvalue weighted by molar-refractivity contribution is 7.94. The summed E-state index contributed by atoms with van der Waals surface area (Å²) in [5.41, 5.74) is 2.13. The molecule has 0 spiro atoms. The lowest BCUT2D eigenvalue weighted by molar-refractivity contribution is -0.147. The summed E-state index contributed by atoms with van der Waals surface area (Å²) in [6.07, 6.45) is 0.581. The van der Waals surface area contributed by atoms with Gasteiger partial charge in [-0.1, -0.05) is 48.5 Å². The zero-order valence-electron chi connectivity index (χ0n) is 18.2. The molecule has 0 bridgehead atoms. The maximum atomic E-state index is 12.4. The number of carbonyl (C=O) groups excluding carboxylic acids is 2. The average molecular weight is 487 g/mol. The molecule has 0 aliphatic carbocycles. The van der Waals surface area contributed by atoms with Gasteiger partial charge in [-0.3, -0.25) is 14.3 Å². The number of amides is 1. The van der Waals surface area contributed by atoms with Crippen LogP contribution in [-0.2, 0) is 37.2 Å². The first-order valence-corrected chi connectivity index (χ1v) is 12.9. The quantitative estimate of drug-likeness (QED) is 0.403. The Morgan fingerprint density at radius 3 is 2.33 bits per heavy atom. The van der Waals surface area contributed by atoms with Crippen LogP contribution in [0, 0.1) is 5.92 Å².